The molecule has 12 heteroatoms. The molecule has 0 spiro atoms. The molecule has 1 amide bonds. The number of unbranched alkanes of at least 4 members (excludes halogenated alkanes) is 7. The monoisotopic (exact) mass is 470 g/mol. The van der Waals surface area contributed by atoms with Crippen LogP contribution < -0.4 is 27.8 Å². The van der Waals surface area contributed by atoms with Crippen LogP contribution in [0.4, 0.5) is 11.6 Å². The molecule has 29 heavy (non-hydrogen) atoms. The smallest absolute Gasteiger partial charge is 0.280 e. The number of nitrogens with two attached hydrogens (primary N) is 3. The summed E-state index contributed by atoms with van der Waals surface area (Å²) < 4.78 is 0. The molecule has 0 aromatic carbocycles. The van der Waals surface area contributed by atoms with Gasteiger partial charge in [0.1, 0.15) is 0 Å². The van der Waals surface area contributed by atoms with E-state index >= 15 is 0 Å². The average Bonchev–Trinajstić information content (AvgIpc) is 2.60. The first kappa shape index (κ1) is 29.6. The molecule has 1 rings (SSSR count). The number of carbonyl (C=O) groups is 1. The van der Waals surface area contributed by atoms with Crippen LogP contribution in [0.1, 0.15) is 75.2 Å². The second-order valence-electron chi connectivity index (χ2n) is 6.48. The minimum atomic E-state index is -0.710. The molecule has 1 unspecified atom stereocenters. The highest BCUT2D eigenvalue weighted by molar-refractivity contribution is 6.31. The Labute approximate surface area is 189 Å². The Balaban J connectivity index is 0. The normalized spacial score (nSPS) is 11.0. The number of guanidine groups is 1. The second kappa shape index (κ2) is 16.3. The summed E-state index contributed by atoms with van der Waals surface area (Å²) in [5, 5.41) is 12.7. The molecule has 1 aromatic heterocycles. The third-order valence-corrected chi connectivity index (χ3v) is 4.34. The molecule has 1 heterocycles. The highest BCUT2D eigenvalue weighted by Crippen LogP contribution is 2.17. The Morgan fingerprint density at radius 3 is 2.17 bits per heavy atom. The van der Waals surface area contributed by atoms with E-state index in [1.807, 2.05) is 0 Å². The van der Waals surface area contributed by atoms with Gasteiger partial charge in [-0.3, -0.25) is 15.5 Å². The standard InChI is InChI=1S/C17H31ClN8O.2ClH/c1-2-3-4-5-6-7-8-9-10-11(19)23-17(22)26-16(27)12-14(20)25-15(21)13(18)24-12;;/h11H,2-10,19H2,1H3,(H4,20,21,25)(H3,22,23,26,27);2*1H. The molecule has 168 valence electrons. The van der Waals surface area contributed by atoms with Crippen LogP contribution in [0.3, 0.4) is 0 Å². The molecule has 0 bridgehead atoms. The van der Waals surface area contributed by atoms with Gasteiger partial charge in [-0.25, -0.2) is 9.97 Å². The van der Waals surface area contributed by atoms with Crippen molar-refractivity contribution in [3.63, 3.8) is 0 Å². The molecule has 0 radical (unpaired) electrons. The highest BCUT2D eigenvalue weighted by Gasteiger charge is 2.17. The Morgan fingerprint density at radius 1 is 1.03 bits per heavy atom. The van der Waals surface area contributed by atoms with Crippen molar-refractivity contribution in [2.45, 2.75) is 70.9 Å². The lowest BCUT2D eigenvalue weighted by molar-refractivity contribution is 0.0971. The van der Waals surface area contributed by atoms with E-state index in [2.05, 4.69) is 27.5 Å². The summed E-state index contributed by atoms with van der Waals surface area (Å²) in [6.45, 7) is 2.21. The van der Waals surface area contributed by atoms with Crippen LogP contribution >= 0.6 is 36.4 Å². The van der Waals surface area contributed by atoms with Gasteiger partial charge in [-0.2, -0.15) is 0 Å². The lowest BCUT2D eigenvalue weighted by Crippen LogP contribution is -2.49. The van der Waals surface area contributed by atoms with Gasteiger partial charge < -0.3 is 22.5 Å². The van der Waals surface area contributed by atoms with E-state index in [0.29, 0.717) is 6.42 Å². The summed E-state index contributed by atoms with van der Waals surface area (Å²) in [4.78, 5) is 19.6. The maximum Gasteiger partial charge on any atom is 0.280 e. The quantitative estimate of drug-likeness (QED) is 0.124. The predicted octanol–water partition coefficient (Wildman–Crippen LogP) is 3.21. The third kappa shape index (κ3) is 11.9. The fourth-order valence-corrected chi connectivity index (χ4v) is 2.70. The molecule has 0 aliphatic heterocycles. The number of carbonyl (C=O) groups excluding carboxylic acids is 1. The van der Waals surface area contributed by atoms with Gasteiger partial charge in [0.15, 0.2) is 28.4 Å². The van der Waals surface area contributed by atoms with E-state index in [9.17, 15) is 4.79 Å². The summed E-state index contributed by atoms with van der Waals surface area (Å²) in [6, 6.07) is 0. The number of halogens is 3. The van der Waals surface area contributed by atoms with Gasteiger partial charge in [-0.05, 0) is 6.42 Å². The largest absolute Gasteiger partial charge is 0.382 e. The van der Waals surface area contributed by atoms with Crippen LogP contribution in [0, 0.1) is 5.41 Å². The van der Waals surface area contributed by atoms with Crippen molar-refractivity contribution in [1.82, 2.24) is 20.6 Å². The zero-order valence-corrected chi connectivity index (χ0v) is 19.1. The topological polar surface area (TPSA) is 169 Å². The Bertz CT molecular complexity index is 633. The third-order valence-electron chi connectivity index (χ3n) is 4.06. The van der Waals surface area contributed by atoms with Gasteiger partial charge in [0.25, 0.3) is 5.91 Å². The number of nitrogens with one attached hydrogen (secondary N) is 3. The summed E-state index contributed by atoms with van der Waals surface area (Å²) >= 11 is 5.75. The average molecular weight is 472 g/mol. The first-order chi connectivity index (χ1) is 12.8. The number of hydrogen-bond donors (Lipinski definition) is 6. The minimum absolute atomic E-state index is 0. The van der Waals surface area contributed by atoms with Crippen molar-refractivity contribution in [3.8, 4) is 0 Å². The van der Waals surface area contributed by atoms with Crippen LogP contribution in [-0.4, -0.2) is 28.0 Å². The molecule has 0 saturated carbocycles. The number of nitrogen functional groups attached to an aromatic ring is 2. The first-order valence-corrected chi connectivity index (χ1v) is 9.73. The SMILES string of the molecule is CCCCCCCCCCC(N)NC(=N)NC(=O)c1nc(Cl)c(N)nc1N.Cl.Cl. The van der Waals surface area contributed by atoms with Crippen molar-refractivity contribution >= 4 is 59.9 Å². The molecule has 0 aliphatic rings. The summed E-state index contributed by atoms with van der Waals surface area (Å²) in [7, 11) is 0. The number of anilines is 2. The zero-order chi connectivity index (χ0) is 20.2. The van der Waals surface area contributed by atoms with Crippen molar-refractivity contribution in [3.05, 3.63) is 10.8 Å². The van der Waals surface area contributed by atoms with Crippen molar-refractivity contribution in [2.75, 3.05) is 11.5 Å². The van der Waals surface area contributed by atoms with Gasteiger partial charge in [-0.1, -0.05) is 69.9 Å². The fourth-order valence-electron chi connectivity index (χ4n) is 2.57. The van der Waals surface area contributed by atoms with E-state index in [4.69, 9.17) is 34.2 Å². The number of hydrogen-bond acceptors (Lipinski definition) is 7. The number of nitrogens with zero attached hydrogens (tertiary/aromatic N) is 2. The number of rotatable bonds is 11. The summed E-state index contributed by atoms with van der Waals surface area (Å²) in [6.07, 6.45) is 9.97. The van der Waals surface area contributed by atoms with Gasteiger partial charge in [0.05, 0.1) is 6.17 Å². The second-order valence-corrected chi connectivity index (χ2v) is 6.84. The van der Waals surface area contributed by atoms with Gasteiger partial charge in [0.2, 0.25) is 0 Å². The van der Waals surface area contributed by atoms with Gasteiger partial charge in [-0.15, -0.1) is 24.8 Å². The van der Waals surface area contributed by atoms with E-state index in [-0.39, 0.29) is 53.3 Å². The molecular weight excluding hydrogens is 439 g/mol. The zero-order valence-electron chi connectivity index (χ0n) is 16.7. The van der Waals surface area contributed by atoms with Crippen LogP contribution in [0.25, 0.3) is 0 Å². The van der Waals surface area contributed by atoms with Gasteiger partial charge in [0, 0.05) is 0 Å². The molecule has 1 atom stereocenters. The molecule has 9 nitrogen and oxygen atoms in total. The van der Waals surface area contributed by atoms with E-state index in [0.717, 1.165) is 12.8 Å². The van der Waals surface area contributed by atoms with Crippen molar-refractivity contribution in [2.24, 2.45) is 5.73 Å². The molecule has 9 N–H and O–H groups in total. The van der Waals surface area contributed by atoms with Crippen molar-refractivity contribution < 1.29 is 4.79 Å². The number of amides is 1. The molecule has 0 saturated heterocycles. The predicted molar refractivity (Wildman–Crippen MR) is 124 cm³/mol. The molecule has 1 aromatic rings. The lowest BCUT2D eigenvalue weighted by Gasteiger charge is -2.16. The first-order valence-electron chi connectivity index (χ1n) is 9.35. The Hall–Kier alpha value is -1.55. The lowest BCUT2D eigenvalue weighted by atomic mass is 10.1. The molecular formula is C17H33Cl3N8O. The fraction of sp³-hybridized carbons (Fsp3) is 0.647. The Kier molecular flexibility index (Phi) is 16.6. The van der Waals surface area contributed by atoms with Crippen molar-refractivity contribution in [1.29, 1.82) is 5.41 Å². The van der Waals surface area contributed by atoms with E-state index < -0.39 is 12.1 Å². The maximum absolute atomic E-state index is 12.1. The molecule has 0 aliphatic carbocycles. The van der Waals surface area contributed by atoms with E-state index in [1.165, 1.54) is 38.5 Å². The van der Waals surface area contributed by atoms with Crippen LogP contribution in [0.2, 0.25) is 5.15 Å². The Morgan fingerprint density at radius 2 is 1.59 bits per heavy atom. The van der Waals surface area contributed by atoms with Crippen LogP contribution in [0.5, 0.6) is 0 Å². The van der Waals surface area contributed by atoms with Gasteiger partial charge >= 0.3 is 0 Å². The van der Waals surface area contributed by atoms with Crippen LogP contribution in [0.15, 0.2) is 0 Å². The summed E-state index contributed by atoms with van der Waals surface area (Å²) in [5.74, 6) is -1.17. The maximum atomic E-state index is 12.1. The summed E-state index contributed by atoms with van der Waals surface area (Å²) in [5.41, 5.74) is 16.8. The highest BCUT2D eigenvalue weighted by atomic mass is 35.5. The number of aromatic nitrogens is 2. The van der Waals surface area contributed by atoms with Crippen LogP contribution in [-0.2, 0) is 0 Å². The van der Waals surface area contributed by atoms with E-state index in [1.54, 1.807) is 0 Å². The minimum Gasteiger partial charge on any atom is -0.382 e. The molecule has 0 fully saturated rings.